The summed E-state index contributed by atoms with van der Waals surface area (Å²) >= 11 is 1.14. The van der Waals surface area contributed by atoms with Crippen LogP contribution in [0.5, 0.6) is 5.75 Å². The molecule has 0 aliphatic carbocycles. The van der Waals surface area contributed by atoms with Crippen molar-refractivity contribution < 1.29 is 52.4 Å². The molecule has 5 atom stereocenters. The molecule has 3 aromatic rings. The molecular formula is C36H38O11S. The number of thioether (sulfide) groups is 1. The Morgan fingerprint density at radius 2 is 1.21 bits per heavy atom. The Morgan fingerprint density at radius 1 is 0.625 bits per heavy atom. The van der Waals surface area contributed by atoms with E-state index >= 15 is 0 Å². The van der Waals surface area contributed by atoms with E-state index in [9.17, 15) is 24.0 Å². The van der Waals surface area contributed by atoms with Crippen LogP contribution in [0, 0.1) is 0 Å². The number of ether oxygens (including phenoxy) is 6. The van der Waals surface area contributed by atoms with E-state index in [2.05, 4.69) is 0 Å². The van der Waals surface area contributed by atoms with Crippen LogP contribution in [0.3, 0.4) is 0 Å². The molecule has 12 heteroatoms. The second-order valence-electron chi connectivity index (χ2n) is 11.0. The quantitative estimate of drug-likeness (QED) is 0.180. The Kier molecular flexibility index (Phi) is 13.0. The Labute approximate surface area is 283 Å². The van der Waals surface area contributed by atoms with Gasteiger partial charge in [0.25, 0.3) is 0 Å². The van der Waals surface area contributed by atoms with Crippen molar-refractivity contribution in [2.45, 2.75) is 69.5 Å². The summed E-state index contributed by atoms with van der Waals surface area (Å²) in [4.78, 5) is 60.4. The lowest BCUT2D eigenvalue weighted by molar-refractivity contribution is -0.190. The molecule has 254 valence electrons. The minimum absolute atomic E-state index is 0.179. The van der Waals surface area contributed by atoms with Gasteiger partial charge in [-0.1, -0.05) is 60.7 Å². The van der Waals surface area contributed by atoms with E-state index in [1.54, 1.807) is 36.4 Å². The molecule has 1 heterocycles. The highest BCUT2D eigenvalue weighted by atomic mass is 32.2. The van der Waals surface area contributed by atoms with Crippen molar-refractivity contribution in [3.8, 4) is 5.75 Å². The first-order valence-corrected chi connectivity index (χ1v) is 16.3. The Bertz CT molecular complexity index is 1570. The zero-order chi connectivity index (χ0) is 34.6. The highest BCUT2D eigenvalue weighted by molar-refractivity contribution is 8.00. The second-order valence-corrected chi connectivity index (χ2v) is 12.4. The van der Waals surface area contributed by atoms with Crippen molar-refractivity contribution in [3.05, 3.63) is 101 Å². The standard InChI is InChI=1S/C36H38O11S/c1-22(37)43-21-31-32(44-23(2)38)33(45-24(3)39)34(46-25(4)40)36(48-31)47-30-13-9-8-12-29(30)20-27-16-14-26(15-17-27)18-19-42-35(41)28-10-6-5-7-11-28/h5-17,31-34,36H,18-21H2,1-4H3/t31-,32-,33+,34-,36-/m1/s1. The summed E-state index contributed by atoms with van der Waals surface area (Å²) in [7, 11) is 0. The summed E-state index contributed by atoms with van der Waals surface area (Å²) in [5.41, 5.74) is 2.39. The molecule has 0 radical (unpaired) electrons. The molecule has 0 N–H and O–H groups in total. The minimum atomic E-state index is -1.24. The molecule has 0 spiro atoms. The third-order valence-corrected chi connectivity index (χ3v) is 8.60. The summed E-state index contributed by atoms with van der Waals surface area (Å²) in [5.74, 6) is -2.43. The number of rotatable bonds is 13. The molecular weight excluding hydrogens is 640 g/mol. The van der Waals surface area contributed by atoms with Gasteiger partial charge >= 0.3 is 29.8 Å². The summed E-state index contributed by atoms with van der Waals surface area (Å²) in [6.07, 6.45) is -2.46. The number of para-hydroxylation sites is 1. The molecule has 1 aliphatic rings. The molecule has 48 heavy (non-hydrogen) atoms. The highest BCUT2D eigenvalue weighted by Crippen LogP contribution is 2.40. The lowest BCUT2D eigenvalue weighted by atomic mass is 10.0. The number of carbonyl (C=O) groups excluding carboxylic acids is 5. The molecule has 3 aromatic carbocycles. The summed E-state index contributed by atoms with van der Waals surface area (Å²) in [6.45, 7) is 4.91. The van der Waals surface area contributed by atoms with E-state index < -0.39 is 52.9 Å². The van der Waals surface area contributed by atoms with Gasteiger partial charge in [-0.05, 0) is 34.9 Å². The van der Waals surface area contributed by atoms with E-state index in [4.69, 9.17) is 28.4 Å². The van der Waals surface area contributed by atoms with Gasteiger partial charge in [-0.25, -0.2) is 4.79 Å². The number of hydrogen-bond donors (Lipinski definition) is 0. The molecule has 1 saturated heterocycles. The monoisotopic (exact) mass is 678 g/mol. The van der Waals surface area contributed by atoms with Gasteiger partial charge < -0.3 is 28.4 Å². The van der Waals surface area contributed by atoms with Gasteiger partial charge in [0.15, 0.2) is 23.7 Å². The average Bonchev–Trinajstić information content (AvgIpc) is 3.04. The largest absolute Gasteiger partial charge is 0.475 e. The lowest BCUT2D eigenvalue weighted by Gasteiger charge is -2.43. The van der Waals surface area contributed by atoms with Crippen molar-refractivity contribution in [2.24, 2.45) is 0 Å². The fraction of sp³-hybridized carbons (Fsp3) is 0.361. The minimum Gasteiger partial charge on any atom is -0.475 e. The van der Waals surface area contributed by atoms with Crippen LogP contribution in [0.15, 0.2) is 78.9 Å². The van der Waals surface area contributed by atoms with Gasteiger partial charge in [-0.2, -0.15) is 0 Å². The Morgan fingerprint density at radius 3 is 1.85 bits per heavy atom. The summed E-state index contributed by atoms with van der Waals surface area (Å²) < 4.78 is 33.9. The van der Waals surface area contributed by atoms with E-state index in [0.717, 1.165) is 28.5 Å². The maximum atomic E-state index is 12.2. The van der Waals surface area contributed by atoms with E-state index in [1.807, 2.05) is 42.5 Å². The van der Waals surface area contributed by atoms with Gasteiger partial charge in [0.1, 0.15) is 12.4 Å². The van der Waals surface area contributed by atoms with Crippen LogP contribution < -0.4 is 4.74 Å². The topological polar surface area (TPSA) is 141 Å². The Hall–Kier alpha value is -4.84. The van der Waals surface area contributed by atoms with Gasteiger partial charge in [0.2, 0.25) is 0 Å². The second kappa shape index (κ2) is 17.4. The van der Waals surface area contributed by atoms with E-state index in [-0.39, 0.29) is 19.2 Å². The van der Waals surface area contributed by atoms with E-state index in [0.29, 0.717) is 24.2 Å². The predicted octanol–water partition coefficient (Wildman–Crippen LogP) is 4.86. The number of hydrogen-bond acceptors (Lipinski definition) is 12. The van der Waals surface area contributed by atoms with Crippen molar-refractivity contribution in [2.75, 3.05) is 13.2 Å². The first-order valence-electron chi connectivity index (χ1n) is 15.3. The highest BCUT2D eigenvalue weighted by Gasteiger charge is 2.53. The molecule has 4 rings (SSSR count). The zero-order valence-corrected chi connectivity index (χ0v) is 27.9. The molecule has 0 saturated carbocycles. The normalized spacial score (nSPS) is 20.1. The molecule has 0 aromatic heterocycles. The van der Waals surface area contributed by atoms with Gasteiger partial charge in [-0.15, -0.1) is 11.8 Å². The maximum absolute atomic E-state index is 12.2. The van der Waals surface area contributed by atoms with Crippen LogP contribution >= 0.6 is 11.8 Å². The van der Waals surface area contributed by atoms with Gasteiger partial charge in [0, 0.05) is 40.5 Å². The van der Waals surface area contributed by atoms with Crippen LogP contribution in [0.4, 0.5) is 0 Å². The molecule has 0 amide bonds. The fourth-order valence-electron chi connectivity index (χ4n) is 5.14. The molecule has 0 bridgehead atoms. The lowest BCUT2D eigenvalue weighted by Crippen LogP contribution is -2.59. The molecule has 11 nitrogen and oxygen atoms in total. The van der Waals surface area contributed by atoms with Gasteiger partial charge in [0.05, 0.1) is 17.4 Å². The average molecular weight is 679 g/mol. The van der Waals surface area contributed by atoms with Crippen LogP contribution in [0.2, 0.25) is 0 Å². The number of benzene rings is 3. The van der Waals surface area contributed by atoms with Crippen molar-refractivity contribution in [1.29, 1.82) is 0 Å². The van der Waals surface area contributed by atoms with Crippen LogP contribution in [-0.2, 0) is 55.7 Å². The summed E-state index contributed by atoms with van der Waals surface area (Å²) in [6, 6.07) is 24.1. The molecule has 1 aliphatic heterocycles. The van der Waals surface area contributed by atoms with E-state index in [1.165, 1.54) is 27.7 Å². The maximum Gasteiger partial charge on any atom is 0.338 e. The van der Waals surface area contributed by atoms with Crippen molar-refractivity contribution in [1.82, 2.24) is 0 Å². The smallest absolute Gasteiger partial charge is 0.338 e. The van der Waals surface area contributed by atoms with Crippen molar-refractivity contribution >= 4 is 41.6 Å². The van der Waals surface area contributed by atoms with Crippen LogP contribution in [0.25, 0.3) is 0 Å². The first-order chi connectivity index (χ1) is 23.0. The molecule has 1 fully saturated rings. The van der Waals surface area contributed by atoms with Crippen molar-refractivity contribution in [3.63, 3.8) is 0 Å². The first kappa shape index (κ1) is 36.0. The van der Waals surface area contributed by atoms with Crippen LogP contribution in [-0.4, -0.2) is 72.1 Å². The SMILES string of the molecule is CC(=O)OC[C@H]1S[C@@H](Oc2ccccc2Cc2ccc(CCOC(=O)c3ccccc3)cc2)[C@H](OC(C)=O)[C@@H](OC(C)=O)[C@@H]1OC(C)=O. The zero-order valence-electron chi connectivity index (χ0n) is 27.1. The fourth-order valence-corrected chi connectivity index (χ4v) is 6.52. The Balaban J connectivity index is 1.51. The number of carbonyl (C=O) groups is 5. The predicted molar refractivity (Wildman–Crippen MR) is 175 cm³/mol. The third kappa shape index (κ3) is 10.6. The summed E-state index contributed by atoms with van der Waals surface area (Å²) in [5, 5.41) is -0.717. The van der Waals surface area contributed by atoms with Gasteiger partial charge in [-0.3, -0.25) is 19.2 Å². The molecule has 0 unspecified atom stereocenters. The number of esters is 5. The van der Waals surface area contributed by atoms with Crippen LogP contribution in [0.1, 0.15) is 54.7 Å². The third-order valence-electron chi connectivity index (χ3n) is 7.21.